The molecule has 0 heterocycles. The van der Waals surface area contributed by atoms with Crippen molar-refractivity contribution in [3.05, 3.63) is 64.8 Å². The molecule has 0 aliphatic rings. The number of anilines is 2. The second-order valence-electron chi connectivity index (χ2n) is 5.92. The Hall–Kier alpha value is -2.97. The van der Waals surface area contributed by atoms with Gasteiger partial charge >= 0.3 is 0 Å². The second kappa shape index (κ2) is 10.2. The van der Waals surface area contributed by atoms with Crippen LogP contribution in [0.3, 0.4) is 0 Å². The molecule has 0 spiro atoms. The molecule has 2 N–H and O–H groups in total. The van der Waals surface area contributed by atoms with Crippen molar-refractivity contribution in [1.82, 2.24) is 0 Å². The summed E-state index contributed by atoms with van der Waals surface area (Å²) in [6.45, 7) is 2.15. The van der Waals surface area contributed by atoms with Crippen LogP contribution in [0.25, 0.3) is 0 Å². The minimum atomic E-state index is -0.481. The SMILES string of the molecule is CCCCc1ccc(NC(=O)/C(C#N)=C\Nc2ccc(OC)c(Cl)c2)cc1. The molecule has 140 valence electrons. The lowest BCUT2D eigenvalue weighted by Gasteiger charge is -2.08. The molecule has 0 aliphatic heterocycles. The van der Waals surface area contributed by atoms with Crippen molar-refractivity contribution in [3.8, 4) is 11.8 Å². The van der Waals surface area contributed by atoms with Gasteiger partial charge in [-0.2, -0.15) is 5.26 Å². The number of halogens is 1. The number of carbonyl (C=O) groups excluding carboxylic acids is 1. The van der Waals surface area contributed by atoms with Gasteiger partial charge in [-0.3, -0.25) is 4.79 Å². The number of rotatable bonds is 8. The zero-order chi connectivity index (χ0) is 19.6. The molecule has 0 aromatic heterocycles. The third-order valence-electron chi connectivity index (χ3n) is 3.93. The molecule has 1 amide bonds. The van der Waals surface area contributed by atoms with Crippen molar-refractivity contribution in [1.29, 1.82) is 5.26 Å². The smallest absolute Gasteiger partial charge is 0.267 e. The van der Waals surface area contributed by atoms with Crippen LogP contribution in [0.15, 0.2) is 54.2 Å². The van der Waals surface area contributed by atoms with E-state index in [-0.39, 0.29) is 5.57 Å². The fourth-order valence-electron chi connectivity index (χ4n) is 2.39. The van der Waals surface area contributed by atoms with Crippen LogP contribution >= 0.6 is 11.6 Å². The van der Waals surface area contributed by atoms with Crippen LogP contribution in [-0.2, 0) is 11.2 Å². The highest BCUT2D eigenvalue weighted by Crippen LogP contribution is 2.27. The monoisotopic (exact) mass is 383 g/mol. The van der Waals surface area contributed by atoms with Gasteiger partial charge in [0, 0.05) is 17.6 Å². The number of methoxy groups -OCH3 is 1. The highest BCUT2D eigenvalue weighted by molar-refractivity contribution is 6.32. The molecule has 0 atom stereocenters. The lowest BCUT2D eigenvalue weighted by molar-refractivity contribution is -0.112. The average Bonchev–Trinajstić information content (AvgIpc) is 2.68. The summed E-state index contributed by atoms with van der Waals surface area (Å²) in [5, 5.41) is 15.3. The van der Waals surface area contributed by atoms with Gasteiger partial charge in [0.25, 0.3) is 5.91 Å². The van der Waals surface area contributed by atoms with Crippen molar-refractivity contribution in [2.24, 2.45) is 0 Å². The summed E-state index contributed by atoms with van der Waals surface area (Å²) < 4.78 is 5.09. The first-order valence-corrected chi connectivity index (χ1v) is 9.05. The number of amides is 1. The summed E-state index contributed by atoms with van der Waals surface area (Å²) in [6.07, 6.45) is 4.64. The molecule has 0 radical (unpaired) electrons. The van der Waals surface area contributed by atoms with Crippen LogP contribution in [0, 0.1) is 11.3 Å². The van der Waals surface area contributed by atoms with Gasteiger partial charge < -0.3 is 15.4 Å². The second-order valence-corrected chi connectivity index (χ2v) is 6.33. The summed E-state index contributed by atoms with van der Waals surface area (Å²) in [5.41, 5.74) is 2.47. The summed E-state index contributed by atoms with van der Waals surface area (Å²) in [6, 6.07) is 14.6. The third kappa shape index (κ3) is 6.05. The van der Waals surface area contributed by atoms with Gasteiger partial charge in [-0.25, -0.2) is 0 Å². The Balaban J connectivity index is 2.01. The zero-order valence-electron chi connectivity index (χ0n) is 15.4. The van der Waals surface area contributed by atoms with Gasteiger partial charge in [0.2, 0.25) is 0 Å². The van der Waals surface area contributed by atoms with Crippen molar-refractivity contribution >= 4 is 28.9 Å². The predicted molar refractivity (Wildman–Crippen MR) is 109 cm³/mol. The first-order chi connectivity index (χ1) is 13.1. The molecule has 2 rings (SSSR count). The lowest BCUT2D eigenvalue weighted by atomic mass is 10.1. The topological polar surface area (TPSA) is 74.2 Å². The standard InChI is InChI=1S/C21H22ClN3O2/c1-3-4-5-15-6-8-17(9-7-15)25-21(26)16(13-23)14-24-18-10-11-20(27-2)19(22)12-18/h6-12,14,24H,3-5H2,1-2H3,(H,25,26)/b16-14-. The summed E-state index contributed by atoms with van der Waals surface area (Å²) in [5.74, 6) is 0.0674. The van der Waals surface area contributed by atoms with Crippen molar-refractivity contribution in [3.63, 3.8) is 0 Å². The molecule has 2 aromatic rings. The van der Waals surface area contributed by atoms with Crippen LogP contribution in [0.5, 0.6) is 5.75 Å². The number of hydrogen-bond acceptors (Lipinski definition) is 4. The highest BCUT2D eigenvalue weighted by atomic mass is 35.5. The Morgan fingerprint density at radius 1 is 1.22 bits per heavy atom. The number of aryl methyl sites for hydroxylation is 1. The third-order valence-corrected chi connectivity index (χ3v) is 4.23. The van der Waals surface area contributed by atoms with Crippen LogP contribution in [0.1, 0.15) is 25.3 Å². The van der Waals surface area contributed by atoms with E-state index < -0.39 is 5.91 Å². The normalized spacial score (nSPS) is 10.8. The fourth-order valence-corrected chi connectivity index (χ4v) is 2.65. The molecule has 5 nitrogen and oxygen atoms in total. The molecule has 0 unspecified atom stereocenters. The van der Waals surface area contributed by atoms with Crippen molar-refractivity contribution in [2.75, 3.05) is 17.7 Å². The summed E-state index contributed by atoms with van der Waals surface area (Å²) in [4.78, 5) is 12.3. The minimum absolute atomic E-state index is 0.0444. The van der Waals surface area contributed by atoms with Gasteiger partial charge in [-0.05, 0) is 48.7 Å². The Morgan fingerprint density at radius 2 is 1.93 bits per heavy atom. The average molecular weight is 384 g/mol. The van der Waals surface area contributed by atoms with E-state index in [4.69, 9.17) is 16.3 Å². The molecule has 0 saturated heterocycles. The van der Waals surface area contributed by atoms with E-state index in [1.807, 2.05) is 30.3 Å². The van der Waals surface area contributed by atoms with E-state index >= 15 is 0 Å². The van der Waals surface area contributed by atoms with Gasteiger partial charge in [-0.15, -0.1) is 0 Å². The van der Waals surface area contributed by atoms with Crippen LogP contribution in [0.4, 0.5) is 11.4 Å². The maximum absolute atomic E-state index is 12.3. The predicted octanol–water partition coefficient (Wildman–Crippen LogP) is 5.15. The molecule has 0 aliphatic carbocycles. The van der Waals surface area contributed by atoms with E-state index in [2.05, 4.69) is 17.6 Å². The van der Waals surface area contributed by atoms with Crippen LogP contribution in [-0.4, -0.2) is 13.0 Å². The quantitative estimate of drug-likeness (QED) is 0.488. The number of nitrogens with zero attached hydrogens (tertiary/aromatic N) is 1. The number of benzene rings is 2. The lowest BCUT2D eigenvalue weighted by Crippen LogP contribution is -2.14. The summed E-state index contributed by atoms with van der Waals surface area (Å²) >= 11 is 6.06. The number of ether oxygens (including phenoxy) is 1. The molecule has 2 aromatic carbocycles. The molecule has 0 fully saturated rings. The van der Waals surface area contributed by atoms with E-state index in [0.29, 0.717) is 22.1 Å². The Labute approximate surface area is 164 Å². The van der Waals surface area contributed by atoms with E-state index in [0.717, 1.165) is 19.3 Å². The first kappa shape index (κ1) is 20.3. The largest absolute Gasteiger partial charge is 0.495 e. The molecule has 6 heteroatoms. The van der Waals surface area contributed by atoms with Gasteiger partial charge in [0.05, 0.1) is 12.1 Å². The first-order valence-electron chi connectivity index (χ1n) is 8.68. The minimum Gasteiger partial charge on any atom is -0.495 e. The van der Waals surface area contributed by atoms with E-state index in [1.165, 1.54) is 18.9 Å². The maximum atomic E-state index is 12.3. The van der Waals surface area contributed by atoms with Crippen LogP contribution < -0.4 is 15.4 Å². The van der Waals surface area contributed by atoms with Crippen LogP contribution in [0.2, 0.25) is 5.02 Å². The Bertz CT molecular complexity index is 855. The Kier molecular flexibility index (Phi) is 7.72. The Morgan fingerprint density at radius 3 is 2.52 bits per heavy atom. The highest BCUT2D eigenvalue weighted by Gasteiger charge is 2.10. The maximum Gasteiger partial charge on any atom is 0.267 e. The number of unbranched alkanes of at least 4 members (excludes halogenated alkanes) is 1. The fraction of sp³-hybridized carbons (Fsp3) is 0.238. The zero-order valence-corrected chi connectivity index (χ0v) is 16.1. The number of nitrogens with one attached hydrogen (secondary N) is 2. The van der Waals surface area contributed by atoms with E-state index in [9.17, 15) is 10.1 Å². The molecular weight excluding hydrogens is 362 g/mol. The molecular formula is C21H22ClN3O2. The number of carbonyl (C=O) groups is 1. The van der Waals surface area contributed by atoms with Crippen molar-refractivity contribution < 1.29 is 9.53 Å². The summed E-state index contributed by atoms with van der Waals surface area (Å²) in [7, 11) is 1.53. The van der Waals surface area contributed by atoms with Gasteiger partial charge in [0.15, 0.2) is 0 Å². The number of nitriles is 1. The van der Waals surface area contributed by atoms with Gasteiger partial charge in [-0.1, -0.05) is 37.1 Å². The van der Waals surface area contributed by atoms with Crippen molar-refractivity contribution in [2.45, 2.75) is 26.2 Å². The molecule has 0 saturated carbocycles. The van der Waals surface area contributed by atoms with Gasteiger partial charge in [0.1, 0.15) is 17.4 Å². The molecule has 27 heavy (non-hydrogen) atoms. The number of hydrogen-bond donors (Lipinski definition) is 2. The molecule has 0 bridgehead atoms. The van der Waals surface area contributed by atoms with E-state index in [1.54, 1.807) is 18.2 Å².